The minimum absolute atomic E-state index is 0.223. The Bertz CT molecular complexity index is 1630. The predicted octanol–water partition coefficient (Wildman–Crippen LogP) is 5.71. The zero-order valence-electron chi connectivity index (χ0n) is 23.7. The molecule has 0 unspecified atom stereocenters. The molecule has 1 aromatic heterocycles. The van der Waals surface area contributed by atoms with E-state index in [4.69, 9.17) is 4.98 Å². The normalized spacial score (nSPS) is 11.4. The van der Waals surface area contributed by atoms with Gasteiger partial charge in [0, 0.05) is 30.8 Å². The lowest BCUT2D eigenvalue weighted by atomic mass is 9.98. The third kappa shape index (κ3) is 7.94. The molecule has 41 heavy (non-hydrogen) atoms. The predicted molar refractivity (Wildman–Crippen MR) is 164 cm³/mol. The van der Waals surface area contributed by atoms with E-state index < -0.39 is 15.9 Å². The van der Waals surface area contributed by atoms with Crippen LogP contribution in [0.2, 0.25) is 0 Å². The molecule has 0 fully saturated rings. The summed E-state index contributed by atoms with van der Waals surface area (Å²) >= 11 is 0. The Hall–Kier alpha value is -4.18. The van der Waals surface area contributed by atoms with Gasteiger partial charge in [0.05, 0.1) is 17.3 Å². The lowest BCUT2D eigenvalue weighted by molar-refractivity contribution is 0.0982. The molecule has 0 atom stereocenters. The lowest BCUT2D eigenvalue weighted by Gasteiger charge is -2.12. The third-order valence-corrected chi connectivity index (χ3v) is 7.27. The van der Waals surface area contributed by atoms with Crippen LogP contribution < -0.4 is 15.4 Å². The van der Waals surface area contributed by atoms with E-state index in [1.165, 1.54) is 0 Å². The van der Waals surface area contributed by atoms with Crippen LogP contribution in [0.3, 0.4) is 0 Å². The molecule has 0 aliphatic rings. The minimum Gasteiger partial charge on any atom is -0.338 e. The number of nitrogens with one attached hydrogen (secondary N) is 3. The molecule has 0 aliphatic carbocycles. The highest BCUT2D eigenvalue weighted by Gasteiger charge is 2.17. The summed E-state index contributed by atoms with van der Waals surface area (Å²) in [5, 5.41) is 5.77. The zero-order chi connectivity index (χ0) is 29.4. The van der Waals surface area contributed by atoms with E-state index in [1.54, 1.807) is 18.2 Å². The number of carbonyl (C=O) groups excluding carboxylic acids is 2. The lowest BCUT2D eigenvalue weighted by Crippen LogP contribution is -2.29. The van der Waals surface area contributed by atoms with Crippen molar-refractivity contribution in [3.63, 3.8) is 0 Å². The molecule has 0 aliphatic heterocycles. The number of anilines is 1. The number of aromatic nitrogens is 2. The number of amides is 3. The second-order valence-electron chi connectivity index (χ2n) is 10.1. The second kappa shape index (κ2) is 13.5. The second-order valence-corrected chi connectivity index (χ2v) is 11.8. The van der Waals surface area contributed by atoms with Crippen molar-refractivity contribution in [1.82, 2.24) is 19.6 Å². The summed E-state index contributed by atoms with van der Waals surface area (Å²) in [4.78, 5) is 29.7. The van der Waals surface area contributed by atoms with Gasteiger partial charge in [-0.2, -0.15) is 0 Å². The van der Waals surface area contributed by atoms with Crippen LogP contribution in [-0.2, 0) is 23.0 Å². The molecule has 0 bridgehead atoms. The maximum Gasteiger partial charge on any atom is 0.319 e. The van der Waals surface area contributed by atoms with Crippen molar-refractivity contribution in [3.8, 4) is 11.1 Å². The molecule has 0 radical (unpaired) electrons. The van der Waals surface area contributed by atoms with E-state index in [0.29, 0.717) is 24.3 Å². The van der Waals surface area contributed by atoms with Crippen LogP contribution >= 0.6 is 0 Å². The Kier molecular flexibility index (Phi) is 9.78. The van der Waals surface area contributed by atoms with E-state index >= 15 is 0 Å². The largest absolute Gasteiger partial charge is 0.338 e. The van der Waals surface area contributed by atoms with Gasteiger partial charge in [-0.3, -0.25) is 4.79 Å². The molecule has 3 N–H and O–H groups in total. The molecule has 4 aromatic rings. The van der Waals surface area contributed by atoms with Crippen molar-refractivity contribution >= 4 is 38.7 Å². The minimum atomic E-state index is -3.68. The monoisotopic (exact) mass is 575 g/mol. The Labute approximate surface area is 241 Å². The Balaban J connectivity index is 1.58. The molecule has 0 saturated carbocycles. The van der Waals surface area contributed by atoms with Gasteiger partial charge in [0.25, 0.3) is 5.91 Å². The highest BCUT2D eigenvalue weighted by Crippen LogP contribution is 2.26. The van der Waals surface area contributed by atoms with E-state index in [9.17, 15) is 18.0 Å². The number of benzene rings is 3. The van der Waals surface area contributed by atoms with E-state index in [2.05, 4.69) is 29.0 Å². The number of urea groups is 1. The van der Waals surface area contributed by atoms with Crippen LogP contribution in [0.15, 0.2) is 66.7 Å². The number of unbranched alkanes of at least 4 members (excludes halogenated alkanes) is 2. The highest BCUT2D eigenvalue weighted by atomic mass is 32.2. The van der Waals surface area contributed by atoms with Crippen molar-refractivity contribution < 1.29 is 18.0 Å². The first kappa shape index (κ1) is 29.8. The van der Waals surface area contributed by atoms with Crippen molar-refractivity contribution in [3.05, 3.63) is 83.7 Å². The summed E-state index contributed by atoms with van der Waals surface area (Å²) in [5.74, 6) is 0.322. The first-order valence-corrected chi connectivity index (χ1v) is 15.8. The fourth-order valence-electron chi connectivity index (χ4n) is 4.64. The molecule has 10 heteroatoms. The summed E-state index contributed by atoms with van der Waals surface area (Å²) in [6.45, 7) is 5.48. The quantitative estimate of drug-likeness (QED) is 0.187. The summed E-state index contributed by atoms with van der Waals surface area (Å²) < 4.78 is 27.5. The number of sulfonamides is 1. The maximum absolute atomic E-state index is 12.6. The van der Waals surface area contributed by atoms with Crippen LogP contribution in [-0.4, -0.2) is 42.7 Å². The molecular weight excluding hydrogens is 538 g/mol. The fraction of sp³-hybridized carbons (Fsp3) is 0.323. The number of fused-ring (bicyclic) bond motifs is 1. The van der Waals surface area contributed by atoms with Crippen molar-refractivity contribution in [1.29, 1.82) is 0 Å². The summed E-state index contributed by atoms with van der Waals surface area (Å²) in [6.07, 6.45) is 5.81. The van der Waals surface area contributed by atoms with Crippen molar-refractivity contribution in [2.75, 3.05) is 18.1 Å². The van der Waals surface area contributed by atoms with Crippen LogP contribution in [0.25, 0.3) is 22.2 Å². The van der Waals surface area contributed by atoms with Gasteiger partial charge >= 0.3 is 6.03 Å². The number of nitrogens with zero attached hydrogens (tertiary/aromatic N) is 2. The van der Waals surface area contributed by atoms with Crippen LogP contribution in [0.5, 0.6) is 0 Å². The maximum atomic E-state index is 12.6. The van der Waals surface area contributed by atoms with Gasteiger partial charge in [0.15, 0.2) is 0 Å². The van der Waals surface area contributed by atoms with Gasteiger partial charge in [0.2, 0.25) is 10.0 Å². The standard InChI is InChI=1S/C31H37N5O4S/c1-4-6-12-29-34-27-20-24(33-31(38)32-19-7-5-2)17-18-28(27)36(29)21-22-13-15-23(16-14-22)25-10-8-9-11-26(25)30(37)35-41(3,39)40/h8-11,13-18,20H,4-7,12,19,21H2,1-3H3,(H,35,37)(H2,32,33,38). The topological polar surface area (TPSA) is 122 Å². The van der Waals surface area contributed by atoms with Gasteiger partial charge in [-0.15, -0.1) is 0 Å². The Morgan fingerprint density at radius 2 is 1.66 bits per heavy atom. The van der Waals surface area contributed by atoms with Gasteiger partial charge in [-0.1, -0.05) is 69.2 Å². The molecule has 0 spiro atoms. The first-order valence-electron chi connectivity index (χ1n) is 13.9. The van der Waals surface area contributed by atoms with Gasteiger partial charge in [-0.25, -0.2) is 22.9 Å². The van der Waals surface area contributed by atoms with Crippen LogP contribution in [0.4, 0.5) is 10.5 Å². The molecular formula is C31H37N5O4S. The third-order valence-electron chi connectivity index (χ3n) is 6.71. The molecule has 0 saturated heterocycles. The molecule has 3 aromatic carbocycles. The Morgan fingerprint density at radius 1 is 0.927 bits per heavy atom. The molecule has 3 amide bonds. The summed E-state index contributed by atoms with van der Waals surface area (Å²) in [6, 6.07) is 20.4. The van der Waals surface area contributed by atoms with Crippen molar-refractivity contribution in [2.24, 2.45) is 0 Å². The highest BCUT2D eigenvalue weighted by molar-refractivity contribution is 7.89. The van der Waals surface area contributed by atoms with E-state index in [1.807, 2.05) is 53.3 Å². The number of hydrogen-bond acceptors (Lipinski definition) is 5. The van der Waals surface area contributed by atoms with E-state index in [-0.39, 0.29) is 11.6 Å². The Morgan fingerprint density at radius 3 is 2.37 bits per heavy atom. The van der Waals surface area contributed by atoms with Crippen LogP contribution in [0, 0.1) is 0 Å². The zero-order valence-corrected chi connectivity index (χ0v) is 24.6. The fourth-order valence-corrected chi connectivity index (χ4v) is 5.09. The smallest absolute Gasteiger partial charge is 0.319 e. The number of imidazole rings is 1. The average Bonchev–Trinajstić information content (AvgIpc) is 3.27. The SMILES string of the molecule is CCCCNC(=O)Nc1ccc2c(c1)nc(CCCC)n2Cc1ccc(-c2ccccc2C(=O)NS(C)(=O)=O)cc1. The molecule has 1 heterocycles. The van der Waals surface area contributed by atoms with Gasteiger partial charge in [0.1, 0.15) is 5.82 Å². The molecule has 4 rings (SSSR count). The average molecular weight is 576 g/mol. The summed E-state index contributed by atoms with van der Waals surface area (Å²) in [7, 11) is -3.68. The number of carbonyl (C=O) groups is 2. The number of hydrogen-bond donors (Lipinski definition) is 3. The number of aryl methyl sites for hydroxylation is 1. The first-order chi connectivity index (χ1) is 19.7. The molecule has 9 nitrogen and oxygen atoms in total. The van der Waals surface area contributed by atoms with E-state index in [0.717, 1.165) is 66.3 Å². The van der Waals surface area contributed by atoms with Crippen LogP contribution in [0.1, 0.15) is 61.3 Å². The van der Waals surface area contributed by atoms with Crippen molar-refractivity contribution in [2.45, 2.75) is 52.5 Å². The van der Waals surface area contributed by atoms with Gasteiger partial charge < -0.3 is 15.2 Å². The molecule has 216 valence electrons. The number of rotatable bonds is 12. The summed E-state index contributed by atoms with van der Waals surface area (Å²) in [5.41, 5.74) is 5.31. The van der Waals surface area contributed by atoms with Gasteiger partial charge in [-0.05, 0) is 53.8 Å².